The van der Waals surface area contributed by atoms with E-state index in [1.54, 1.807) is 36.9 Å². The van der Waals surface area contributed by atoms with E-state index in [0.717, 1.165) is 163 Å². The van der Waals surface area contributed by atoms with Crippen molar-refractivity contribution in [3.63, 3.8) is 0 Å². The molecule has 16 N–H and O–H groups in total. The van der Waals surface area contributed by atoms with Crippen molar-refractivity contribution in [1.29, 1.82) is 0 Å². The van der Waals surface area contributed by atoms with Gasteiger partial charge in [0, 0.05) is 48.9 Å². The van der Waals surface area contributed by atoms with Gasteiger partial charge in [-0.05, 0) is 349 Å². The first-order valence-corrected chi connectivity index (χ1v) is 51.2. The Hall–Kier alpha value is -15.0. The van der Waals surface area contributed by atoms with Crippen LogP contribution >= 0.6 is 0 Å². The first-order chi connectivity index (χ1) is 70.9. The molecule has 0 aliphatic heterocycles. The molecule has 20 rings (SSSR count). The topological polar surface area (TPSA) is 340 Å². The number of hydrogen-bond donors (Lipinski definition) is 12. The Morgan fingerprint density at radius 1 is 0.260 bits per heavy atom. The summed E-state index contributed by atoms with van der Waals surface area (Å²) >= 11 is 0. The zero-order valence-corrected chi connectivity index (χ0v) is 85.1. The maximum absolute atomic E-state index is 13.4. The molecular weight excluding hydrogens is 1810 g/mol. The lowest BCUT2D eigenvalue weighted by atomic mass is 9.95. The molecule has 4 heterocycles. The van der Waals surface area contributed by atoms with Gasteiger partial charge in [-0.1, -0.05) is 225 Å². The summed E-state index contributed by atoms with van der Waals surface area (Å²) in [5, 5.41) is 45.7. The summed E-state index contributed by atoms with van der Waals surface area (Å²) in [6, 6.07) is 106. The molecular formula is C122H136N20O4. The quantitative estimate of drug-likeness (QED) is 0.0172. The molecule has 4 atom stereocenters. The average molecular weight is 1950 g/mol. The summed E-state index contributed by atoms with van der Waals surface area (Å²) in [4.78, 5) is 53.6. The second kappa shape index (κ2) is 48.2. The first kappa shape index (κ1) is 102. The van der Waals surface area contributed by atoms with E-state index in [-0.39, 0.29) is 47.8 Å². The summed E-state index contributed by atoms with van der Waals surface area (Å²) in [6.07, 6.45) is 10.4. The molecule has 24 heteroatoms. The summed E-state index contributed by atoms with van der Waals surface area (Å²) in [5.41, 5.74) is 53.0. The number of carbonyl (C=O) groups is 4. The van der Waals surface area contributed by atoms with E-state index >= 15 is 0 Å². The Balaban J connectivity index is 0.000000133. The van der Waals surface area contributed by atoms with Gasteiger partial charge in [0.15, 0.2) is 0 Å². The number of aryl methyl sites for hydroxylation is 7. The van der Waals surface area contributed by atoms with Crippen LogP contribution in [0.4, 0.5) is 22.7 Å². The monoisotopic (exact) mass is 1950 g/mol. The molecule has 16 aromatic rings. The number of carbonyl (C=O) groups excluding carboxylic acids is 4. The third-order valence-electron chi connectivity index (χ3n) is 27.1. The van der Waals surface area contributed by atoms with Gasteiger partial charge in [0.25, 0.3) is 23.6 Å². The van der Waals surface area contributed by atoms with Crippen molar-refractivity contribution in [3.05, 3.63) is 450 Å². The van der Waals surface area contributed by atoms with E-state index < -0.39 is 0 Å². The Labute approximate surface area is 857 Å². The molecule has 4 aliphatic rings. The molecule has 146 heavy (non-hydrogen) atoms. The molecule has 4 amide bonds. The minimum absolute atomic E-state index is 0.0560. The summed E-state index contributed by atoms with van der Waals surface area (Å²) < 4.78 is 6.73. The SMILES string of the molecule is Cc1cc(C(=O)Nc2cccc(C(NCC3CC3)c3ccc(C(C)C)cc3)c2)n(-c2cccc(CN)c2)n1.Cc1ccc(C(NCC2CC2)c2cccc(NC(=O)c3cc(C)nn3-c3cccc(CN)c3)c2)cc1.Cc1ccc(C(NCC2CC2)c2cccc(NC(=O)c3cc(C)nn3-c3cccc(CN)c3)c2)cc1.Cc1cccc(C(NCC2CC2)c2cccc(NC(=O)c3cc(C)nn3-c3cccc(CN)c3)c2)c1. The van der Waals surface area contributed by atoms with E-state index in [4.69, 9.17) is 22.9 Å². The van der Waals surface area contributed by atoms with Crippen molar-refractivity contribution in [3.8, 4) is 22.7 Å². The second-order valence-electron chi connectivity index (χ2n) is 39.8. The van der Waals surface area contributed by atoms with Crippen molar-refractivity contribution in [2.45, 2.75) is 170 Å². The van der Waals surface area contributed by atoms with Gasteiger partial charge in [0.2, 0.25) is 0 Å². The molecule has 748 valence electrons. The van der Waals surface area contributed by atoms with Crippen LogP contribution in [0.3, 0.4) is 0 Å². The number of nitrogens with two attached hydrogens (primary N) is 4. The normalized spacial score (nSPS) is 14.0. The molecule has 4 fully saturated rings. The molecule has 12 aromatic carbocycles. The molecule has 4 saturated carbocycles. The van der Waals surface area contributed by atoms with Crippen LogP contribution in [0, 0.1) is 72.1 Å². The minimum Gasteiger partial charge on any atom is -0.326 e. The lowest BCUT2D eigenvalue weighted by Crippen LogP contribution is -2.25. The molecule has 0 bridgehead atoms. The number of nitrogens with zero attached hydrogens (tertiary/aromatic N) is 8. The highest BCUT2D eigenvalue weighted by molar-refractivity contribution is 6.06. The van der Waals surface area contributed by atoms with E-state index in [1.807, 2.05) is 179 Å². The Morgan fingerprint density at radius 2 is 0.486 bits per heavy atom. The number of benzene rings is 12. The summed E-state index contributed by atoms with van der Waals surface area (Å²) in [7, 11) is 0. The Morgan fingerprint density at radius 3 is 0.726 bits per heavy atom. The number of aromatic nitrogens is 8. The average Bonchev–Trinajstić information content (AvgIpc) is 1.63. The second-order valence-corrected chi connectivity index (χ2v) is 39.8. The van der Waals surface area contributed by atoms with Crippen LogP contribution in [0.15, 0.2) is 315 Å². The molecule has 4 unspecified atom stereocenters. The van der Waals surface area contributed by atoms with E-state index in [9.17, 15) is 19.2 Å². The van der Waals surface area contributed by atoms with Gasteiger partial charge in [-0.25, -0.2) is 18.7 Å². The van der Waals surface area contributed by atoms with Crippen molar-refractivity contribution in [2.24, 2.45) is 46.6 Å². The minimum atomic E-state index is -0.205. The zero-order valence-electron chi connectivity index (χ0n) is 85.1. The fourth-order valence-corrected chi connectivity index (χ4v) is 18.2. The highest BCUT2D eigenvalue weighted by Gasteiger charge is 2.31. The lowest BCUT2D eigenvalue weighted by molar-refractivity contribution is 0.101. The van der Waals surface area contributed by atoms with Crippen LogP contribution in [0.25, 0.3) is 22.7 Å². The number of rotatable bonds is 37. The van der Waals surface area contributed by atoms with Crippen molar-refractivity contribution in [1.82, 2.24) is 60.4 Å². The van der Waals surface area contributed by atoms with Gasteiger partial charge in [-0.3, -0.25) is 19.2 Å². The van der Waals surface area contributed by atoms with Gasteiger partial charge in [-0.2, -0.15) is 20.4 Å². The van der Waals surface area contributed by atoms with E-state index in [0.29, 0.717) is 54.9 Å². The maximum atomic E-state index is 13.4. The van der Waals surface area contributed by atoms with Crippen molar-refractivity contribution >= 4 is 46.4 Å². The van der Waals surface area contributed by atoms with Gasteiger partial charge in [0.05, 0.1) is 69.7 Å². The largest absolute Gasteiger partial charge is 0.326 e. The van der Waals surface area contributed by atoms with Crippen LogP contribution < -0.4 is 65.5 Å². The van der Waals surface area contributed by atoms with Crippen molar-refractivity contribution in [2.75, 3.05) is 47.4 Å². The zero-order chi connectivity index (χ0) is 102. The predicted octanol–water partition coefficient (Wildman–Crippen LogP) is 22.0. The molecule has 0 radical (unpaired) electrons. The standard InChI is InChI=1S/C32H37N5O.3C30H33N5O/c1-21(2)25-12-14-26(15-13-25)31(34-20-23-10-11-23)27-7-5-8-28(18-27)35-32(38)30-16-22(3)36-37(30)29-9-4-6-24(17-29)19-33;1-20-6-3-8-24(14-20)29(32-19-22-12-13-22)25-9-5-10-26(17-25)33-30(36)28-15-21(2)34-35(28)27-11-4-7-23(16-27)18-31;2*1-20-9-13-24(14-10-20)29(32-19-22-11-12-22)25-6-4-7-26(17-25)33-30(36)28-15-21(2)34-35(28)27-8-3-5-23(16-27)18-31/h4-9,12-18,21,23,31,34H,10-11,19-20,33H2,1-3H3,(H,35,38);3-11,14-17,22,29,32H,12-13,18-19,31H2,1-2H3,(H,33,36);2*3-10,13-17,22,29,32H,11-12,18-19,31H2,1-2H3,(H,33,36). The molecule has 4 aliphatic carbocycles. The third-order valence-corrected chi connectivity index (χ3v) is 27.1. The van der Waals surface area contributed by atoms with Crippen LogP contribution in [-0.4, -0.2) is 88.9 Å². The Kier molecular flexibility index (Phi) is 33.8. The van der Waals surface area contributed by atoms with Crippen LogP contribution in [-0.2, 0) is 26.2 Å². The predicted molar refractivity (Wildman–Crippen MR) is 587 cm³/mol. The first-order valence-electron chi connectivity index (χ1n) is 51.2. The molecule has 24 nitrogen and oxygen atoms in total. The summed E-state index contributed by atoms with van der Waals surface area (Å²) in [5.74, 6) is 2.73. The third kappa shape index (κ3) is 27.6. The Bertz CT molecular complexity index is 6970. The van der Waals surface area contributed by atoms with Gasteiger partial charge < -0.3 is 65.5 Å². The van der Waals surface area contributed by atoms with Crippen LogP contribution in [0.1, 0.15) is 249 Å². The van der Waals surface area contributed by atoms with Crippen LogP contribution in [0.2, 0.25) is 0 Å². The van der Waals surface area contributed by atoms with Crippen molar-refractivity contribution < 1.29 is 19.2 Å². The highest BCUT2D eigenvalue weighted by atomic mass is 16.2. The number of nitrogens with one attached hydrogen (secondary N) is 8. The van der Waals surface area contributed by atoms with Gasteiger partial charge in [-0.15, -0.1) is 0 Å². The fraction of sp³-hybridized carbons (Fsp3) is 0.279. The lowest BCUT2D eigenvalue weighted by Gasteiger charge is -2.21. The van der Waals surface area contributed by atoms with E-state index in [2.05, 4.69) is 243 Å². The van der Waals surface area contributed by atoms with Gasteiger partial charge in [0.1, 0.15) is 22.8 Å². The number of anilines is 4. The number of amides is 4. The molecule has 0 spiro atoms. The van der Waals surface area contributed by atoms with E-state index in [1.165, 1.54) is 95.9 Å². The smallest absolute Gasteiger partial charge is 0.274 e. The number of hydrogen-bond acceptors (Lipinski definition) is 16. The summed E-state index contributed by atoms with van der Waals surface area (Å²) in [6.45, 7) is 24.0. The highest BCUT2D eigenvalue weighted by Crippen LogP contribution is 2.38. The maximum Gasteiger partial charge on any atom is 0.274 e. The molecule has 4 aromatic heterocycles. The van der Waals surface area contributed by atoms with Crippen LogP contribution in [0.5, 0.6) is 0 Å². The molecule has 0 saturated heterocycles. The fourth-order valence-electron chi connectivity index (χ4n) is 18.2. The van der Waals surface area contributed by atoms with Gasteiger partial charge >= 0.3 is 0 Å².